The standard InChI is InChI=1S/C17H21FN2O2/c1-12(11-16(21)14-5-7-15(18)8-6-14)19-17(22)13(2)20-9-3-4-10-20/h3-10,12-13,16,21H,11H2,1-2H3,(H,19,22). The van der Waals surface area contributed by atoms with Crippen molar-refractivity contribution in [3.05, 3.63) is 60.2 Å². The van der Waals surface area contributed by atoms with Gasteiger partial charge in [-0.1, -0.05) is 12.1 Å². The lowest BCUT2D eigenvalue weighted by Gasteiger charge is -2.21. The van der Waals surface area contributed by atoms with Crippen LogP contribution in [-0.2, 0) is 4.79 Å². The number of nitrogens with one attached hydrogen (secondary N) is 1. The molecule has 0 bridgehead atoms. The molecule has 0 radical (unpaired) electrons. The molecule has 5 heteroatoms. The van der Waals surface area contributed by atoms with Crippen LogP contribution in [0.4, 0.5) is 4.39 Å². The molecule has 118 valence electrons. The summed E-state index contributed by atoms with van der Waals surface area (Å²) in [5.41, 5.74) is 0.640. The number of hydrogen-bond donors (Lipinski definition) is 2. The van der Waals surface area contributed by atoms with Crippen molar-refractivity contribution in [1.82, 2.24) is 9.88 Å². The molecular formula is C17H21FN2O2. The van der Waals surface area contributed by atoms with E-state index in [1.807, 2.05) is 42.9 Å². The molecular weight excluding hydrogens is 283 g/mol. The Hall–Kier alpha value is -2.14. The maximum absolute atomic E-state index is 12.9. The molecule has 0 fully saturated rings. The van der Waals surface area contributed by atoms with Crippen molar-refractivity contribution in [2.24, 2.45) is 0 Å². The number of nitrogens with zero attached hydrogens (tertiary/aromatic N) is 1. The Kier molecular flexibility index (Phi) is 5.33. The topological polar surface area (TPSA) is 54.3 Å². The van der Waals surface area contributed by atoms with E-state index in [1.165, 1.54) is 12.1 Å². The van der Waals surface area contributed by atoms with Crippen molar-refractivity contribution in [3.63, 3.8) is 0 Å². The van der Waals surface area contributed by atoms with E-state index in [-0.39, 0.29) is 23.8 Å². The van der Waals surface area contributed by atoms with E-state index in [0.717, 1.165) is 0 Å². The van der Waals surface area contributed by atoms with Crippen LogP contribution < -0.4 is 5.32 Å². The number of benzene rings is 1. The molecule has 2 rings (SSSR count). The second-order valence-corrected chi connectivity index (χ2v) is 5.52. The molecule has 0 aliphatic heterocycles. The highest BCUT2D eigenvalue weighted by atomic mass is 19.1. The number of carbonyl (C=O) groups is 1. The van der Waals surface area contributed by atoms with Crippen LogP contribution in [0.5, 0.6) is 0 Å². The van der Waals surface area contributed by atoms with E-state index < -0.39 is 6.10 Å². The second-order valence-electron chi connectivity index (χ2n) is 5.52. The third-order valence-electron chi connectivity index (χ3n) is 3.67. The molecule has 0 saturated carbocycles. The van der Waals surface area contributed by atoms with Crippen molar-refractivity contribution >= 4 is 5.91 Å². The number of aliphatic hydroxyl groups is 1. The van der Waals surface area contributed by atoms with E-state index in [4.69, 9.17) is 0 Å². The molecule has 3 atom stereocenters. The van der Waals surface area contributed by atoms with Gasteiger partial charge in [0.2, 0.25) is 5.91 Å². The molecule has 2 aromatic rings. The average Bonchev–Trinajstić information content (AvgIpc) is 3.00. The smallest absolute Gasteiger partial charge is 0.242 e. The summed E-state index contributed by atoms with van der Waals surface area (Å²) in [5, 5.41) is 13.0. The largest absolute Gasteiger partial charge is 0.388 e. The van der Waals surface area contributed by atoms with Gasteiger partial charge in [0.25, 0.3) is 0 Å². The van der Waals surface area contributed by atoms with Crippen molar-refractivity contribution in [1.29, 1.82) is 0 Å². The fraction of sp³-hybridized carbons (Fsp3) is 0.353. The molecule has 1 aromatic heterocycles. The van der Waals surface area contributed by atoms with Gasteiger partial charge in [-0.05, 0) is 50.1 Å². The van der Waals surface area contributed by atoms with Crippen LogP contribution in [0.1, 0.15) is 38.0 Å². The van der Waals surface area contributed by atoms with Gasteiger partial charge < -0.3 is 15.0 Å². The first-order valence-electron chi connectivity index (χ1n) is 7.33. The van der Waals surface area contributed by atoms with Gasteiger partial charge in [-0.2, -0.15) is 0 Å². The first-order chi connectivity index (χ1) is 10.5. The van der Waals surface area contributed by atoms with E-state index in [1.54, 1.807) is 12.1 Å². The molecule has 2 N–H and O–H groups in total. The number of rotatable bonds is 6. The van der Waals surface area contributed by atoms with Crippen LogP contribution in [0, 0.1) is 5.82 Å². The highest BCUT2D eigenvalue weighted by Gasteiger charge is 2.18. The van der Waals surface area contributed by atoms with Crippen LogP contribution >= 0.6 is 0 Å². The van der Waals surface area contributed by atoms with Gasteiger partial charge in [0, 0.05) is 18.4 Å². The number of carbonyl (C=O) groups excluding carboxylic acids is 1. The zero-order valence-electron chi connectivity index (χ0n) is 12.7. The van der Waals surface area contributed by atoms with Crippen LogP contribution in [-0.4, -0.2) is 21.6 Å². The normalized spacial score (nSPS) is 15.1. The van der Waals surface area contributed by atoms with Gasteiger partial charge in [-0.25, -0.2) is 4.39 Å². The van der Waals surface area contributed by atoms with Crippen molar-refractivity contribution in [2.45, 2.75) is 38.5 Å². The molecule has 1 heterocycles. The van der Waals surface area contributed by atoms with Gasteiger partial charge in [0.1, 0.15) is 11.9 Å². The highest BCUT2D eigenvalue weighted by molar-refractivity contribution is 5.80. The number of hydrogen-bond acceptors (Lipinski definition) is 2. The van der Waals surface area contributed by atoms with E-state index >= 15 is 0 Å². The summed E-state index contributed by atoms with van der Waals surface area (Å²) in [6, 6.07) is 8.97. The van der Waals surface area contributed by atoms with Crippen LogP contribution in [0.25, 0.3) is 0 Å². The minimum atomic E-state index is -0.738. The predicted octanol–water partition coefficient (Wildman–Crippen LogP) is 2.82. The summed E-state index contributed by atoms with van der Waals surface area (Å²) in [5.74, 6) is -0.437. The molecule has 22 heavy (non-hydrogen) atoms. The average molecular weight is 304 g/mol. The third kappa shape index (κ3) is 4.18. The molecule has 3 unspecified atom stereocenters. The quantitative estimate of drug-likeness (QED) is 0.862. The second kappa shape index (κ2) is 7.22. The molecule has 4 nitrogen and oxygen atoms in total. The summed E-state index contributed by atoms with van der Waals surface area (Å²) in [7, 11) is 0. The molecule has 0 saturated heterocycles. The minimum Gasteiger partial charge on any atom is -0.388 e. The Balaban J connectivity index is 1.88. The molecule has 0 aliphatic carbocycles. The third-order valence-corrected chi connectivity index (χ3v) is 3.67. The highest BCUT2D eigenvalue weighted by Crippen LogP contribution is 2.19. The van der Waals surface area contributed by atoms with Crippen molar-refractivity contribution in [2.75, 3.05) is 0 Å². The lowest BCUT2D eigenvalue weighted by Crippen LogP contribution is -2.37. The molecule has 0 aliphatic rings. The number of aliphatic hydroxyl groups excluding tert-OH is 1. The number of amides is 1. The maximum atomic E-state index is 12.9. The van der Waals surface area contributed by atoms with E-state index in [0.29, 0.717) is 12.0 Å². The molecule has 1 amide bonds. The Bertz CT molecular complexity index is 596. The van der Waals surface area contributed by atoms with Crippen molar-refractivity contribution in [3.8, 4) is 0 Å². The fourth-order valence-corrected chi connectivity index (χ4v) is 2.32. The Labute approximate surface area is 129 Å². The number of aromatic nitrogens is 1. The first kappa shape index (κ1) is 16.2. The summed E-state index contributed by atoms with van der Waals surface area (Å²) in [4.78, 5) is 12.2. The van der Waals surface area contributed by atoms with Gasteiger partial charge in [-0.3, -0.25) is 4.79 Å². The lowest BCUT2D eigenvalue weighted by molar-refractivity contribution is -0.124. The Morgan fingerprint density at radius 1 is 1.23 bits per heavy atom. The monoisotopic (exact) mass is 304 g/mol. The van der Waals surface area contributed by atoms with Gasteiger partial charge in [0.05, 0.1) is 6.10 Å². The van der Waals surface area contributed by atoms with Crippen molar-refractivity contribution < 1.29 is 14.3 Å². The SMILES string of the molecule is CC(CC(O)c1ccc(F)cc1)NC(=O)C(C)n1cccc1. The Morgan fingerprint density at radius 2 is 1.82 bits per heavy atom. The van der Waals surface area contributed by atoms with Crippen LogP contribution in [0.3, 0.4) is 0 Å². The van der Waals surface area contributed by atoms with Gasteiger partial charge in [-0.15, -0.1) is 0 Å². The van der Waals surface area contributed by atoms with E-state index in [9.17, 15) is 14.3 Å². The fourth-order valence-electron chi connectivity index (χ4n) is 2.32. The van der Waals surface area contributed by atoms with Gasteiger partial charge >= 0.3 is 0 Å². The molecule has 1 aromatic carbocycles. The van der Waals surface area contributed by atoms with E-state index in [2.05, 4.69) is 5.32 Å². The summed E-state index contributed by atoms with van der Waals surface area (Å²) >= 11 is 0. The maximum Gasteiger partial charge on any atom is 0.242 e. The van der Waals surface area contributed by atoms with Crippen LogP contribution in [0.15, 0.2) is 48.8 Å². The summed E-state index contributed by atoms with van der Waals surface area (Å²) in [6.45, 7) is 3.66. The summed E-state index contributed by atoms with van der Waals surface area (Å²) in [6.07, 6.45) is 3.30. The lowest BCUT2D eigenvalue weighted by atomic mass is 10.0. The zero-order valence-corrected chi connectivity index (χ0v) is 12.7. The first-order valence-corrected chi connectivity index (χ1v) is 7.33. The molecule has 0 spiro atoms. The Morgan fingerprint density at radius 3 is 2.41 bits per heavy atom. The summed E-state index contributed by atoms with van der Waals surface area (Å²) < 4.78 is 14.7. The van der Waals surface area contributed by atoms with Gasteiger partial charge in [0.15, 0.2) is 0 Å². The number of halogens is 1. The van der Waals surface area contributed by atoms with Crippen LogP contribution in [0.2, 0.25) is 0 Å². The predicted molar refractivity (Wildman–Crippen MR) is 82.7 cm³/mol. The minimum absolute atomic E-state index is 0.102. The zero-order chi connectivity index (χ0) is 16.1.